The van der Waals surface area contributed by atoms with E-state index in [1.54, 1.807) is 13.2 Å². The second kappa shape index (κ2) is 9.97. The van der Waals surface area contributed by atoms with Crippen molar-refractivity contribution in [1.29, 1.82) is 0 Å². The topological polar surface area (TPSA) is 84.9 Å². The number of methoxy groups -OCH3 is 1. The lowest BCUT2D eigenvalue weighted by Gasteiger charge is -2.27. The van der Waals surface area contributed by atoms with Gasteiger partial charge in [-0.25, -0.2) is 0 Å². The summed E-state index contributed by atoms with van der Waals surface area (Å²) in [5, 5.41) is 2.71. The maximum Gasteiger partial charge on any atom is 0.326 e. The van der Waals surface area contributed by atoms with Crippen LogP contribution in [0.4, 0.5) is 5.69 Å². The van der Waals surface area contributed by atoms with Crippen molar-refractivity contribution in [2.45, 2.75) is 11.3 Å². The van der Waals surface area contributed by atoms with Gasteiger partial charge in [-0.1, -0.05) is 30.3 Å². The Morgan fingerprint density at radius 3 is 2.72 bits per heavy atom. The van der Waals surface area contributed by atoms with Crippen molar-refractivity contribution in [3.8, 4) is 5.75 Å². The van der Waals surface area contributed by atoms with E-state index in [-0.39, 0.29) is 24.8 Å². The number of benzene rings is 2. The third-order valence-corrected chi connectivity index (χ3v) is 5.42. The van der Waals surface area contributed by atoms with Gasteiger partial charge in [0.05, 0.1) is 18.6 Å². The highest BCUT2D eigenvalue weighted by molar-refractivity contribution is 8.00. The molecule has 29 heavy (non-hydrogen) atoms. The first kappa shape index (κ1) is 20.7. The normalized spacial score (nSPS) is 12.9. The predicted molar refractivity (Wildman–Crippen MR) is 110 cm³/mol. The van der Waals surface area contributed by atoms with Crippen LogP contribution in [0.25, 0.3) is 0 Å². The van der Waals surface area contributed by atoms with Crippen molar-refractivity contribution in [1.82, 2.24) is 5.32 Å². The summed E-state index contributed by atoms with van der Waals surface area (Å²) >= 11 is 1.44. The average molecular weight is 414 g/mol. The average Bonchev–Trinajstić information content (AvgIpc) is 2.74. The van der Waals surface area contributed by atoms with E-state index in [0.717, 1.165) is 16.2 Å². The fourth-order valence-corrected chi connectivity index (χ4v) is 3.88. The van der Waals surface area contributed by atoms with Crippen LogP contribution in [0.1, 0.15) is 5.56 Å². The fourth-order valence-electron chi connectivity index (χ4n) is 2.95. The van der Waals surface area contributed by atoms with Gasteiger partial charge in [0.1, 0.15) is 12.3 Å². The lowest BCUT2D eigenvalue weighted by molar-refractivity contribution is -0.147. The molecule has 0 radical (unpaired) electrons. The molecular formula is C21H22N2O5S. The van der Waals surface area contributed by atoms with E-state index in [2.05, 4.69) is 5.32 Å². The minimum atomic E-state index is -0.625. The van der Waals surface area contributed by atoms with Crippen LogP contribution in [0.15, 0.2) is 53.4 Å². The maximum absolute atomic E-state index is 12.2. The second-order valence-electron chi connectivity index (χ2n) is 6.31. The van der Waals surface area contributed by atoms with Crippen LogP contribution in [-0.4, -0.2) is 50.3 Å². The molecule has 0 aliphatic carbocycles. The van der Waals surface area contributed by atoms with Crippen LogP contribution < -0.4 is 15.0 Å². The van der Waals surface area contributed by atoms with E-state index >= 15 is 0 Å². The molecular weight excluding hydrogens is 392 g/mol. The van der Waals surface area contributed by atoms with Crippen LogP contribution >= 0.6 is 11.8 Å². The molecule has 0 saturated carbocycles. The van der Waals surface area contributed by atoms with Gasteiger partial charge < -0.3 is 14.8 Å². The molecule has 2 aromatic rings. The van der Waals surface area contributed by atoms with Gasteiger partial charge in [0, 0.05) is 11.4 Å². The number of hydrogen-bond acceptors (Lipinski definition) is 6. The van der Waals surface area contributed by atoms with E-state index in [1.807, 2.05) is 42.5 Å². The SMILES string of the molecule is COc1ccccc1CCNC(=O)COC(=O)CN1C(=O)CSc2ccccc21. The number of anilines is 1. The molecule has 2 amide bonds. The summed E-state index contributed by atoms with van der Waals surface area (Å²) in [6.07, 6.45) is 0.598. The molecule has 1 aliphatic rings. The summed E-state index contributed by atoms with van der Waals surface area (Å²) < 4.78 is 10.3. The zero-order valence-electron chi connectivity index (χ0n) is 16.1. The number of carbonyl (C=O) groups excluding carboxylic acids is 3. The summed E-state index contributed by atoms with van der Waals surface area (Å²) in [7, 11) is 1.60. The predicted octanol–water partition coefficient (Wildman–Crippen LogP) is 2.04. The number of para-hydroxylation sites is 2. The van der Waals surface area contributed by atoms with Crippen molar-refractivity contribution in [2.75, 3.05) is 37.5 Å². The lowest BCUT2D eigenvalue weighted by Crippen LogP contribution is -2.40. The van der Waals surface area contributed by atoms with Gasteiger partial charge in [0.2, 0.25) is 5.91 Å². The number of hydrogen-bond donors (Lipinski definition) is 1. The van der Waals surface area contributed by atoms with Gasteiger partial charge in [-0.05, 0) is 30.2 Å². The number of ether oxygens (including phenoxy) is 2. The lowest BCUT2D eigenvalue weighted by atomic mass is 10.1. The Labute approximate surface area is 173 Å². The number of fused-ring (bicyclic) bond motifs is 1. The van der Waals surface area contributed by atoms with E-state index in [9.17, 15) is 14.4 Å². The number of rotatable bonds is 8. The van der Waals surface area contributed by atoms with E-state index in [1.165, 1.54) is 16.7 Å². The van der Waals surface area contributed by atoms with Gasteiger partial charge in [-0.15, -0.1) is 11.8 Å². The highest BCUT2D eigenvalue weighted by Crippen LogP contribution is 2.34. The van der Waals surface area contributed by atoms with Gasteiger partial charge >= 0.3 is 5.97 Å². The number of esters is 1. The van der Waals surface area contributed by atoms with Crippen molar-refractivity contribution in [3.05, 3.63) is 54.1 Å². The second-order valence-corrected chi connectivity index (χ2v) is 7.33. The largest absolute Gasteiger partial charge is 0.496 e. The molecule has 152 valence electrons. The third kappa shape index (κ3) is 5.51. The summed E-state index contributed by atoms with van der Waals surface area (Å²) in [5.74, 6) is -0.146. The zero-order chi connectivity index (χ0) is 20.6. The molecule has 2 aromatic carbocycles. The minimum absolute atomic E-state index is 0.160. The molecule has 0 bridgehead atoms. The summed E-state index contributed by atoms with van der Waals surface area (Å²) in [6.45, 7) is -0.208. The third-order valence-electron chi connectivity index (χ3n) is 4.37. The Morgan fingerprint density at radius 1 is 1.14 bits per heavy atom. The monoisotopic (exact) mass is 414 g/mol. The highest BCUT2D eigenvalue weighted by Gasteiger charge is 2.26. The first-order chi connectivity index (χ1) is 14.1. The van der Waals surface area contributed by atoms with Crippen molar-refractivity contribution in [2.24, 2.45) is 0 Å². The van der Waals surface area contributed by atoms with Crippen molar-refractivity contribution < 1.29 is 23.9 Å². The zero-order valence-corrected chi connectivity index (χ0v) is 16.9. The first-order valence-electron chi connectivity index (χ1n) is 9.15. The molecule has 1 aliphatic heterocycles. The first-order valence-corrected chi connectivity index (χ1v) is 10.1. The van der Waals surface area contributed by atoms with Crippen LogP contribution in [0.5, 0.6) is 5.75 Å². The van der Waals surface area contributed by atoms with E-state index < -0.39 is 11.9 Å². The Hall–Kier alpha value is -3.00. The number of nitrogens with zero attached hydrogens (tertiary/aromatic N) is 1. The summed E-state index contributed by atoms with van der Waals surface area (Å²) in [4.78, 5) is 38.6. The molecule has 0 aromatic heterocycles. The number of carbonyl (C=O) groups is 3. The van der Waals surface area contributed by atoms with Crippen LogP contribution in [0.3, 0.4) is 0 Å². The van der Waals surface area contributed by atoms with Gasteiger partial charge in [0.15, 0.2) is 6.61 Å². The number of nitrogens with one attached hydrogen (secondary N) is 1. The quantitative estimate of drug-likeness (QED) is 0.666. The Bertz CT molecular complexity index is 902. The molecule has 8 heteroatoms. The van der Waals surface area contributed by atoms with Gasteiger partial charge in [-0.3, -0.25) is 19.3 Å². The molecule has 7 nitrogen and oxygen atoms in total. The minimum Gasteiger partial charge on any atom is -0.496 e. The fraction of sp³-hybridized carbons (Fsp3) is 0.286. The van der Waals surface area contributed by atoms with Gasteiger partial charge in [-0.2, -0.15) is 0 Å². The molecule has 0 atom stereocenters. The smallest absolute Gasteiger partial charge is 0.326 e. The Balaban J connectivity index is 1.44. The van der Waals surface area contributed by atoms with Crippen LogP contribution in [0.2, 0.25) is 0 Å². The molecule has 0 saturated heterocycles. The van der Waals surface area contributed by atoms with Crippen molar-refractivity contribution >= 4 is 35.2 Å². The number of amides is 2. The van der Waals surface area contributed by atoms with Gasteiger partial charge in [0.25, 0.3) is 5.91 Å². The maximum atomic E-state index is 12.2. The summed E-state index contributed by atoms with van der Waals surface area (Å²) in [5.41, 5.74) is 1.67. The summed E-state index contributed by atoms with van der Waals surface area (Å²) in [6, 6.07) is 15.0. The van der Waals surface area contributed by atoms with E-state index in [0.29, 0.717) is 18.7 Å². The molecule has 0 unspecified atom stereocenters. The molecule has 1 heterocycles. The Morgan fingerprint density at radius 2 is 1.90 bits per heavy atom. The molecule has 0 fully saturated rings. The molecule has 0 spiro atoms. The highest BCUT2D eigenvalue weighted by atomic mass is 32.2. The standard InChI is InChI=1S/C21H22N2O5S/c1-27-17-8-4-2-6-15(17)10-11-22-19(24)13-28-21(26)12-23-16-7-3-5-9-18(16)29-14-20(23)25/h2-9H,10-14H2,1H3,(H,22,24). The molecule has 3 rings (SSSR count). The van der Waals surface area contributed by atoms with Crippen LogP contribution in [0, 0.1) is 0 Å². The van der Waals surface area contributed by atoms with Crippen molar-refractivity contribution in [3.63, 3.8) is 0 Å². The number of thioether (sulfide) groups is 1. The van der Waals surface area contributed by atoms with E-state index in [4.69, 9.17) is 9.47 Å². The Kier molecular flexibility index (Phi) is 7.13. The van der Waals surface area contributed by atoms with Crippen LogP contribution in [-0.2, 0) is 25.5 Å². The molecule has 1 N–H and O–H groups in total.